The van der Waals surface area contributed by atoms with Crippen molar-refractivity contribution in [3.8, 4) is 11.5 Å². The number of fused-ring (bicyclic) bond motifs is 3. The van der Waals surface area contributed by atoms with E-state index in [2.05, 4.69) is 32.5 Å². The molecule has 31 heavy (non-hydrogen) atoms. The molecule has 3 aliphatic heterocycles. The number of likely N-dealkylation sites (tertiary alicyclic amines) is 1. The summed E-state index contributed by atoms with van der Waals surface area (Å²) in [5.41, 5.74) is 1.99. The average molecular weight is 417 g/mol. The summed E-state index contributed by atoms with van der Waals surface area (Å²) in [5.74, 6) is 3.76. The van der Waals surface area contributed by atoms with E-state index in [9.17, 15) is 4.79 Å². The lowest BCUT2D eigenvalue weighted by Crippen LogP contribution is -2.31. The van der Waals surface area contributed by atoms with Crippen LogP contribution in [0.25, 0.3) is 0 Å². The highest BCUT2D eigenvalue weighted by atomic mass is 16.7. The maximum Gasteiger partial charge on any atom is 0.293 e. The lowest BCUT2D eigenvalue weighted by molar-refractivity contribution is 0.100. The summed E-state index contributed by atoms with van der Waals surface area (Å²) in [4.78, 5) is 15.3. The van der Waals surface area contributed by atoms with Gasteiger partial charge in [-0.3, -0.25) is 9.69 Å². The second-order valence-corrected chi connectivity index (χ2v) is 8.48. The van der Waals surface area contributed by atoms with Crippen LogP contribution < -0.4 is 14.8 Å². The molecule has 0 bridgehead atoms. The molecule has 0 unspecified atom stereocenters. The molecule has 8 heteroatoms. The number of anilines is 1. The number of para-hydroxylation sites is 1. The molecule has 1 saturated heterocycles. The number of amides is 1. The maximum absolute atomic E-state index is 12.8. The fourth-order valence-corrected chi connectivity index (χ4v) is 4.92. The SMILES string of the molecule is O=C(Nc1ccccc1)c1nnc2n1C[C@H]1CN(Cc3ccc4c(c3)OCO4)C[C@@H]1C2. The molecule has 1 N–H and O–H groups in total. The Labute approximate surface area is 179 Å². The summed E-state index contributed by atoms with van der Waals surface area (Å²) in [6.07, 6.45) is 0.855. The first-order chi connectivity index (χ1) is 15.2. The fraction of sp³-hybridized carbons (Fsp3) is 0.348. The van der Waals surface area contributed by atoms with Gasteiger partial charge in [-0.15, -0.1) is 10.2 Å². The van der Waals surface area contributed by atoms with Crippen LogP contribution in [-0.2, 0) is 19.5 Å². The largest absolute Gasteiger partial charge is 0.454 e. The number of rotatable bonds is 4. The van der Waals surface area contributed by atoms with Gasteiger partial charge in [0.25, 0.3) is 5.91 Å². The Kier molecular flexibility index (Phi) is 4.38. The normalized spacial score (nSPS) is 21.5. The van der Waals surface area contributed by atoms with E-state index in [-0.39, 0.29) is 5.91 Å². The van der Waals surface area contributed by atoms with E-state index in [4.69, 9.17) is 9.47 Å². The minimum atomic E-state index is -0.210. The van der Waals surface area contributed by atoms with Crippen molar-refractivity contribution in [1.82, 2.24) is 19.7 Å². The number of carbonyl (C=O) groups is 1. The Morgan fingerprint density at radius 2 is 1.84 bits per heavy atom. The van der Waals surface area contributed by atoms with E-state index in [1.54, 1.807) is 0 Å². The van der Waals surface area contributed by atoms with Crippen LogP contribution in [0.3, 0.4) is 0 Å². The standard InChI is InChI=1S/C23H23N5O3/c29-23(24-18-4-2-1-3-5-18)22-26-25-21-9-16-11-27(12-17(16)13-28(21)22)10-15-6-7-19-20(8-15)31-14-30-19/h1-8,16-17H,9-14H2,(H,24,29)/t16-,17+/m0/s1. The van der Waals surface area contributed by atoms with Crippen LogP contribution >= 0.6 is 0 Å². The summed E-state index contributed by atoms with van der Waals surface area (Å²) in [6, 6.07) is 15.6. The molecule has 3 aromatic rings. The minimum absolute atomic E-state index is 0.210. The second kappa shape index (κ2) is 7.39. The number of aromatic nitrogens is 3. The highest BCUT2D eigenvalue weighted by molar-refractivity contribution is 6.01. The smallest absolute Gasteiger partial charge is 0.293 e. The second-order valence-electron chi connectivity index (χ2n) is 8.48. The zero-order valence-corrected chi connectivity index (χ0v) is 17.0. The Hall–Kier alpha value is -3.39. The number of nitrogens with zero attached hydrogens (tertiary/aromatic N) is 4. The summed E-state index contributed by atoms with van der Waals surface area (Å²) >= 11 is 0. The van der Waals surface area contributed by atoms with Gasteiger partial charge in [-0.25, -0.2) is 0 Å². The van der Waals surface area contributed by atoms with Gasteiger partial charge in [0.1, 0.15) is 5.82 Å². The molecule has 6 rings (SSSR count). The molecular formula is C23H23N5O3. The van der Waals surface area contributed by atoms with Crippen LogP contribution in [0.15, 0.2) is 48.5 Å². The van der Waals surface area contributed by atoms with Crippen molar-refractivity contribution < 1.29 is 14.3 Å². The Morgan fingerprint density at radius 1 is 1.00 bits per heavy atom. The van der Waals surface area contributed by atoms with Crippen molar-refractivity contribution in [3.05, 3.63) is 65.7 Å². The fourth-order valence-electron chi connectivity index (χ4n) is 4.92. The van der Waals surface area contributed by atoms with E-state index in [1.165, 1.54) is 5.56 Å². The molecule has 8 nitrogen and oxygen atoms in total. The van der Waals surface area contributed by atoms with Gasteiger partial charge in [-0.05, 0) is 41.7 Å². The first-order valence-corrected chi connectivity index (χ1v) is 10.6. The Morgan fingerprint density at radius 3 is 2.74 bits per heavy atom. The monoisotopic (exact) mass is 417 g/mol. The molecule has 4 heterocycles. The molecule has 0 aliphatic carbocycles. The van der Waals surface area contributed by atoms with Crippen LogP contribution in [0.4, 0.5) is 5.69 Å². The van der Waals surface area contributed by atoms with Crippen LogP contribution in [0.1, 0.15) is 22.0 Å². The van der Waals surface area contributed by atoms with Crippen molar-refractivity contribution in [2.24, 2.45) is 11.8 Å². The molecule has 0 radical (unpaired) electrons. The van der Waals surface area contributed by atoms with Gasteiger partial charge in [0.05, 0.1) is 0 Å². The molecule has 1 amide bonds. The molecule has 0 spiro atoms. The van der Waals surface area contributed by atoms with E-state index in [0.29, 0.717) is 24.5 Å². The zero-order valence-electron chi connectivity index (χ0n) is 17.0. The van der Waals surface area contributed by atoms with Gasteiger partial charge >= 0.3 is 0 Å². The topological polar surface area (TPSA) is 81.5 Å². The number of carbonyl (C=O) groups excluding carboxylic acids is 1. The van der Waals surface area contributed by atoms with Gasteiger partial charge < -0.3 is 19.4 Å². The molecular weight excluding hydrogens is 394 g/mol. The first kappa shape index (κ1) is 18.4. The molecule has 158 valence electrons. The highest BCUT2D eigenvalue weighted by Crippen LogP contribution is 2.36. The van der Waals surface area contributed by atoms with Crippen molar-refractivity contribution >= 4 is 11.6 Å². The number of ether oxygens (including phenoxy) is 2. The van der Waals surface area contributed by atoms with Crippen molar-refractivity contribution in [2.45, 2.75) is 19.5 Å². The van der Waals surface area contributed by atoms with Gasteiger partial charge in [0.2, 0.25) is 12.6 Å². The molecule has 2 atom stereocenters. The van der Waals surface area contributed by atoms with Gasteiger partial charge in [0, 0.05) is 38.3 Å². The third kappa shape index (κ3) is 3.42. The van der Waals surface area contributed by atoms with Crippen LogP contribution in [0, 0.1) is 11.8 Å². The maximum atomic E-state index is 12.8. The van der Waals surface area contributed by atoms with Crippen LogP contribution in [0.2, 0.25) is 0 Å². The first-order valence-electron chi connectivity index (χ1n) is 10.6. The number of hydrogen-bond acceptors (Lipinski definition) is 6. The predicted molar refractivity (Wildman–Crippen MR) is 113 cm³/mol. The van der Waals surface area contributed by atoms with Crippen molar-refractivity contribution in [1.29, 1.82) is 0 Å². The van der Waals surface area contributed by atoms with E-state index < -0.39 is 0 Å². The van der Waals surface area contributed by atoms with Crippen molar-refractivity contribution in [2.75, 3.05) is 25.2 Å². The molecule has 1 aromatic heterocycles. The Balaban J connectivity index is 1.14. The summed E-state index contributed by atoms with van der Waals surface area (Å²) < 4.78 is 12.9. The van der Waals surface area contributed by atoms with Gasteiger partial charge in [-0.2, -0.15) is 0 Å². The Bertz CT molecular complexity index is 1130. The third-order valence-corrected chi connectivity index (χ3v) is 6.42. The number of benzene rings is 2. The molecule has 1 fully saturated rings. The summed E-state index contributed by atoms with van der Waals surface area (Å²) in [5, 5.41) is 11.5. The lowest BCUT2D eigenvalue weighted by Gasteiger charge is -2.25. The third-order valence-electron chi connectivity index (χ3n) is 6.42. The minimum Gasteiger partial charge on any atom is -0.454 e. The van der Waals surface area contributed by atoms with Crippen LogP contribution in [0.5, 0.6) is 11.5 Å². The van der Waals surface area contributed by atoms with E-state index >= 15 is 0 Å². The quantitative estimate of drug-likeness (QED) is 0.703. The van der Waals surface area contributed by atoms with Crippen molar-refractivity contribution in [3.63, 3.8) is 0 Å². The zero-order chi connectivity index (χ0) is 20.8. The van der Waals surface area contributed by atoms with Gasteiger partial charge in [0.15, 0.2) is 11.5 Å². The number of hydrogen-bond donors (Lipinski definition) is 1. The average Bonchev–Trinajstić information content (AvgIpc) is 3.49. The molecule has 2 aromatic carbocycles. The molecule has 3 aliphatic rings. The van der Waals surface area contributed by atoms with E-state index in [1.807, 2.05) is 41.0 Å². The van der Waals surface area contributed by atoms with Gasteiger partial charge in [-0.1, -0.05) is 24.3 Å². The number of nitrogens with one attached hydrogen (secondary N) is 1. The van der Waals surface area contributed by atoms with E-state index in [0.717, 1.165) is 55.6 Å². The lowest BCUT2D eigenvalue weighted by atomic mass is 9.89. The predicted octanol–water partition coefficient (Wildman–Crippen LogP) is 2.56. The van der Waals surface area contributed by atoms with Crippen LogP contribution in [-0.4, -0.2) is 45.5 Å². The summed E-state index contributed by atoms with van der Waals surface area (Å²) in [6.45, 7) is 3.98. The summed E-state index contributed by atoms with van der Waals surface area (Å²) in [7, 11) is 0. The molecule has 0 saturated carbocycles. The highest BCUT2D eigenvalue weighted by Gasteiger charge is 2.39.